The molecule has 0 radical (unpaired) electrons. The van der Waals surface area contributed by atoms with Gasteiger partial charge in [-0.1, -0.05) is 37.1 Å². The van der Waals surface area contributed by atoms with Crippen LogP contribution in [0.1, 0.15) is 109 Å². The molecule has 42 heavy (non-hydrogen) atoms. The maximum atomic E-state index is 6.24. The molecule has 2 heterocycles. The molecule has 4 aliphatic carbocycles. The molecule has 232 valence electrons. The third-order valence-electron chi connectivity index (χ3n) is 13.1. The fourth-order valence-electron chi connectivity index (χ4n) is 10.6. The molecule has 1 spiro atoms. The van der Waals surface area contributed by atoms with Gasteiger partial charge in [-0.25, -0.2) is 0 Å². The Kier molecular flexibility index (Phi) is 8.03. The van der Waals surface area contributed by atoms with E-state index in [1.54, 1.807) is 5.57 Å². The summed E-state index contributed by atoms with van der Waals surface area (Å²) in [6.45, 7) is 8.56. The van der Waals surface area contributed by atoms with Crippen LogP contribution >= 0.6 is 0 Å². The third kappa shape index (κ3) is 5.08. The lowest BCUT2D eigenvalue weighted by molar-refractivity contribution is -0.181. The van der Waals surface area contributed by atoms with Gasteiger partial charge in [-0.05, 0) is 117 Å². The minimum atomic E-state index is -0.301. The van der Waals surface area contributed by atoms with Gasteiger partial charge in [0.15, 0.2) is 12.1 Å². The molecule has 5 fully saturated rings. The highest BCUT2D eigenvalue weighted by Gasteiger charge is 2.61. The van der Waals surface area contributed by atoms with E-state index < -0.39 is 0 Å². The van der Waals surface area contributed by atoms with Crippen molar-refractivity contribution in [2.24, 2.45) is 28.6 Å². The molecule has 6 aliphatic rings. The lowest BCUT2D eigenvalue weighted by Crippen LogP contribution is -2.48. The molecule has 0 N–H and O–H groups in total. The maximum absolute atomic E-state index is 6.24. The zero-order valence-electron chi connectivity index (χ0n) is 26.8. The number of rotatable bonds is 7. The second-order valence-corrected chi connectivity index (χ2v) is 15.3. The monoisotopic (exact) mass is 577 g/mol. The Morgan fingerprint density at radius 3 is 2.45 bits per heavy atom. The standard InChI is InChI=1S/C37H55NO4/c1-35(17-7-21-40-33-8-5-6-20-39-33)18-16-32-30-14-11-27-24-37(41-22-23-42-37)19-15-29(27)34(30)31(25-36(32,35)2)26-9-12-28(13-10-26)38(3)4/h9-10,12-13,27,30-33H,5-8,11,14-25H2,1-4H3/t27?,30-,31+,32-,33?,35-,36+/m0/s1. The summed E-state index contributed by atoms with van der Waals surface area (Å²) in [6.07, 6.45) is 15.8. The number of fused-ring (bicyclic) bond motifs is 4. The van der Waals surface area contributed by atoms with Gasteiger partial charge in [-0.15, -0.1) is 0 Å². The summed E-state index contributed by atoms with van der Waals surface area (Å²) in [5.41, 5.74) is 7.17. The number of allylic oxidation sites excluding steroid dienone is 2. The van der Waals surface area contributed by atoms with E-state index in [1.807, 2.05) is 5.57 Å². The van der Waals surface area contributed by atoms with Crippen molar-refractivity contribution in [3.8, 4) is 0 Å². The number of ether oxygens (including phenoxy) is 4. The topological polar surface area (TPSA) is 40.2 Å². The first-order valence-electron chi connectivity index (χ1n) is 17.3. The lowest BCUT2D eigenvalue weighted by Gasteiger charge is -2.57. The normalized spacial score (nSPS) is 39.2. The van der Waals surface area contributed by atoms with Gasteiger partial charge in [-0.3, -0.25) is 0 Å². The Labute approximate surface area is 254 Å². The molecule has 1 aromatic rings. The molecule has 7 atom stereocenters. The fourth-order valence-corrected chi connectivity index (χ4v) is 10.6. The van der Waals surface area contributed by atoms with Crippen LogP contribution in [0.5, 0.6) is 0 Å². The molecule has 2 unspecified atom stereocenters. The van der Waals surface area contributed by atoms with Crippen LogP contribution in [-0.2, 0) is 18.9 Å². The molecule has 2 saturated heterocycles. The van der Waals surface area contributed by atoms with Crippen molar-refractivity contribution in [1.29, 1.82) is 0 Å². The maximum Gasteiger partial charge on any atom is 0.169 e. The summed E-state index contributed by atoms with van der Waals surface area (Å²) in [7, 11) is 4.29. The molecule has 2 aliphatic heterocycles. The quantitative estimate of drug-likeness (QED) is 0.241. The Morgan fingerprint density at radius 2 is 1.71 bits per heavy atom. The van der Waals surface area contributed by atoms with Crippen LogP contribution in [0.3, 0.4) is 0 Å². The van der Waals surface area contributed by atoms with Crippen LogP contribution in [0.4, 0.5) is 5.69 Å². The highest BCUT2D eigenvalue weighted by Crippen LogP contribution is 2.71. The average Bonchev–Trinajstić information content (AvgIpc) is 3.56. The number of hydrogen-bond donors (Lipinski definition) is 0. The van der Waals surface area contributed by atoms with Gasteiger partial charge in [0.05, 0.1) is 13.2 Å². The van der Waals surface area contributed by atoms with E-state index in [0.717, 1.165) is 70.4 Å². The molecule has 0 amide bonds. The molecule has 0 aromatic heterocycles. The van der Waals surface area contributed by atoms with Crippen LogP contribution in [0.2, 0.25) is 0 Å². The van der Waals surface area contributed by atoms with Gasteiger partial charge < -0.3 is 23.8 Å². The third-order valence-corrected chi connectivity index (χ3v) is 13.1. The fraction of sp³-hybridized carbons (Fsp3) is 0.784. The molecule has 3 saturated carbocycles. The van der Waals surface area contributed by atoms with E-state index in [2.05, 4.69) is 57.1 Å². The summed E-state index contributed by atoms with van der Waals surface area (Å²) in [4.78, 5) is 2.22. The van der Waals surface area contributed by atoms with Crippen molar-refractivity contribution in [2.45, 2.75) is 115 Å². The molecular formula is C37H55NO4. The first kappa shape index (κ1) is 29.3. The van der Waals surface area contributed by atoms with Crippen LogP contribution in [-0.4, -0.2) is 52.6 Å². The largest absolute Gasteiger partial charge is 0.378 e. The van der Waals surface area contributed by atoms with Crippen molar-refractivity contribution in [1.82, 2.24) is 0 Å². The van der Waals surface area contributed by atoms with E-state index >= 15 is 0 Å². The Bertz CT molecular complexity index is 1130. The minimum absolute atomic E-state index is 0.0294. The smallest absolute Gasteiger partial charge is 0.169 e. The number of nitrogens with zero attached hydrogens (tertiary/aromatic N) is 1. The summed E-state index contributed by atoms with van der Waals surface area (Å²) in [6, 6.07) is 9.60. The van der Waals surface area contributed by atoms with Gasteiger partial charge in [0, 0.05) is 51.8 Å². The van der Waals surface area contributed by atoms with Gasteiger partial charge >= 0.3 is 0 Å². The lowest BCUT2D eigenvalue weighted by atomic mass is 9.48. The summed E-state index contributed by atoms with van der Waals surface area (Å²) >= 11 is 0. The van der Waals surface area contributed by atoms with E-state index in [9.17, 15) is 0 Å². The summed E-state index contributed by atoms with van der Waals surface area (Å²) < 4.78 is 24.6. The zero-order valence-corrected chi connectivity index (χ0v) is 26.8. The molecule has 5 heteroatoms. The van der Waals surface area contributed by atoms with Crippen LogP contribution < -0.4 is 4.90 Å². The predicted octanol–water partition coefficient (Wildman–Crippen LogP) is 8.24. The van der Waals surface area contributed by atoms with Gasteiger partial charge in [-0.2, -0.15) is 0 Å². The molecule has 7 rings (SSSR count). The van der Waals surface area contributed by atoms with E-state index in [4.69, 9.17) is 18.9 Å². The van der Waals surface area contributed by atoms with Crippen LogP contribution in [0.15, 0.2) is 35.4 Å². The second kappa shape index (κ2) is 11.5. The van der Waals surface area contributed by atoms with Gasteiger partial charge in [0.1, 0.15) is 0 Å². The minimum Gasteiger partial charge on any atom is -0.378 e. The second-order valence-electron chi connectivity index (χ2n) is 15.3. The van der Waals surface area contributed by atoms with Gasteiger partial charge in [0.25, 0.3) is 0 Å². The van der Waals surface area contributed by atoms with E-state index in [-0.39, 0.29) is 12.1 Å². The molecule has 0 bridgehead atoms. The Morgan fingerprint density at radius 1 is 0.905 bits per heavy atom. The molecule has 5 nitrogen and oxygen atoms in total. The number of anilines is 1. The highest BCUT2D eigenvalue weighted by molar-refractivity contribution is 5.49. The van der Waals surface area contributed by atoms with Crippen molar-refractivity contribution in [3.05, 3.63) is 41.0 Å². The van der Waals surface area contributed by atoms with Crippen molar-refractivity contribution in [2.75, 3.05) is 45.4 Å². The average molecular weight is 578 g/mol. The van der Waals surface area contributed by atoms with Crippen molar-refractivity contribution in [3.63, 3.8) is 0 Å². The molecular weight excluding hydrogens is 522 g/mol. The van der Waals surface area contributed by atoms with Gasteiger partial charge in [0.2, 0.25) is 0 Å². The zero-order chi connectivity index (χ0) is 29.0. The van der Waals surface area contributed by atoms with Crippen LogP contribution in [0, 0.1) is 28.6 Å². The SMILES string of the molecule is CN(C)c1ccc([C@H]2C[C@]3(C)[C@@H](CC[C@]3(C)CCCOC3CCCCO3)[C@@H]3CCC4CC5(CCC4=C32)OCCO5)cc1. The summed E-state index contributed by atoms with van der Waals surface area (Å²) in [5, 5.41) is 0. The van der Waals surface area contributed by atoms with E-state index in [1.165, 1.54) is 62.6 Å². The number of benzene rings is 1. The predicted molar refractivity (Wildman–Crippen MR) is 168 cm³/mol. The van der Waals surface area contributed by atoms with Crippen molar-refractivity contribution >= 4 is 5.69 Å². The Hall–Kier alpha value is -1.40. The summed E-state index contributed by atoms with van der Waals surface area (Å²) in [5.74, 6) is 2.36. The van der Waals surface area contributed by atoms with Crippen LogP contribution in [0.25, 0.3) is 0 Å². The van der Waals surface area contributed by atoms with Crippen molar-refractivity contribution < 1.29 is 18.9 Å². The van der Waals surface area contributed by atoms with E-state index in [0.29, 0.717) is 22.7 Å². The Balaban J connectivity index is 1.17. The first-order chi connectivity index (χ1) is 20.3. The number of hydrogen-bond acceptors (Lipinski definition) is 5. The first-order valence-corrected chi connectivity index (χ1v) is 17.3. The molecule has 1 aromatic carbocycles. The highest BCUT2D eigenvalue weighted by atomic mass is 16.7.